The van der Waals surface area contributed by atoms with Crippen LogP contribution in [0.4, 0.5) is 5.69 Å². The molecule has 0 aromatic carbocycles. The van der Waals surface area contributed by atoms with E-state index in [2.05, 4.69) is 22.5 Å². The first kappa shape index (κ1) is 12.9. The summed E-state index contributed by atoms with van der Waals surface area (Å²) < 4.78 is 0. The Hall–Kier alpha value is -1.58. The number of hydrogen-bond donors (Lipinski definition) is 2. The van der Waals surface area contributed by atoms with Crippen LogP contribution >= 0.6 is 0 Å². The molecular weight excluding hydrogens is 226 g/mol. The van der Waals surface area contributed by atoms with Gasteiger partial charge in [0.05, 0.1) is 11.3 Å². The van der Waals surface area contributed by atoms with Gasteiger partial charge < -0.3 is 10.6 Å². The van der Waals surface area contributed by atoms with Crippen molar-refractivity contribution in [1.82, 2.24) is 10.3 Å². The first-order valence-corrected chi connectivity index (χ1v) is 6.79. The van der Waals surface area contributed by atoms with E-state index < -0.39 is 0 Å². The normalized spacial score (nSPS) is 14.3. The second-order valence-electron chi connectivity index (χ2n) is 4.84. The lowest BCUT2D eigenvalue weighted by Gasteiger charge is -2.07. The molecule has 2 N–H and O–H groups in total. The van der Waals surface area contributed by atoms with Gasteiger partial charge in [0.15, 0.2) is 0 Å². The number of carbonyl (C=O) groups excluding carboxylic acids is 1. The van der Waals surface area contributed by atoms with Gasteiger partial charge in [0.25, 0.3) is 5.91 Å². The van der Waals surface area contributed by atoms with Crippen molar-refractivity contribution >= 4 is 11.6 Å². The van der Waals surface area contributed by atoms with E-state index in [1.54, 1.807) is 12.4 Å². The number of nitrogens with zero attached hydrogens (tertiary/aromatic N) is 1. The van der Waals surface area contributed by atoms with Crippen LogP contribution in [0.1, 0.15) is 49.4 Å². The second-order valence-corrected chi connectivity index (χ2v) is 4.84. The Morgan fingerprint density at radius 1 is 1.39 bits per heavy atom. The molecule has 1 aromatic heterocycles. The second kappa shape index (κ2) is 6.38. The fraction of sp³-hybridized carbons (Fsp3) is 0.571. The van der Waals surface area contributed by atoms with Gasteiger partial charge in [-0.05, 0) is 25.3 Å². The Bertz CT molecular complexity index is 402. The van der Waals surface area contributed by atoms with Gasteiger partial charge in [-0.2, -0.15) is 0 Å². The third-order valence-electron chi connectivity index (χ3n) is 3.02. The maximum atomic E-state index is 11.8. The van der Waals surface area contributed by atoms with Gasteiger partial charge in [-0.1, -0.05) is 19.8 Å². The third kappa shape index (κ3) is 4.02. The fourth-order valence-corrected chi connectivity index (χ4v) is 1.76. The van der Waals surface area contributed by atoms with Crippen molar-refractivity contribution in [2.75, 3.05) is 11.9 Å². The lowest BCUT2D eigenvalue weighted by molar-refractivity contribution is 0.0951. The number of anilines is 1. The zero-order valence-electron chi connectivity index (χ0n) is 10.9. The first-order chi connectivity index (χ1) is 8.79. The SMILES string of the molecule is CCCCCNc1cncc(C(=O)NC2CC2)c1. The summed E-state index contributed by atoms with van der Waals surface area (Å²) in [7, 11) is 0. The molecule has 0 aliphatic heterocycles. The summed E-state index contributed by atoms with van der Waals surface area (Å²) >= 11 is 0. The molecular formula is C14H21N3O. The summed E-state index contributed by atoms with van der Waals surface area (Å²) in [5.41, 5.74) is 1.57. The minimum atomic E-state index is -0.0118. The van der Waals surface area contributed by atoms with Crippen LogP contribution in [-0.2, 0) is 0 Å². The summed E-state index contributed by atoms with van der Waals surface area (Å²) in [6, 6.07) is 2.26. The van der Waals surface area contributed by atoms with Crippen molar-refractivity contribution in [2.45, 2.75) is 45.1 Å². The minimum Gasteiger partial charge on any atom is -0.384 e. The van der Waals surface area contributed by atoms with E-state index in [1.807, 2.05) is 6.07 Å². The number of hydrogen-bond acceptors (Lipinski definition) is 3. The molecule has 1 aliphatic rings. The van der Waals surface area contributed by atoms with Gasteiger partial charge in [0.2, 0.25) is 0 Å². The van der Waals surface area contributed by atoms with E-state index in [0.29, 0.717) is 11.6 Å². The predicted molar refractivity (Wildman–Crippen MR) is 72.7 cm³/mol. The summed E-state index contributed by atoms with van der Waals surface area (Å²) in [6.07, 6.45) is 9.18. The van der Waals surface area contributed by atoms with Crippen LogP contribution in [0.15, 0.2) is 18.5 Å². The van der Waals surface area contributed by atoms with Crippen LogP contribution < -0.4 is 10.6 Å². The van der Waals surface area contributed by atoms with Gasteiger partial charge >= 0.3 is 0 Å². The number of unbranched alkanes of at least 4 members (excludes halogenated alkanes) is 2. The van der Waals surface area contributed by atoms with E-state index >= 15 is 0 Å². The molecule has 1 heterocycles. The van der Waals surface area contributed by atoms with Crippen molar-refractivity contribution < 1.29 is 4.79 Å². The molecule has 1 aliphatic carbocycles. The topological polar surface area (TPSA) is 54.0 Å². The maximum Gasteiger partial charge on any atom is 0.253 e. The highest BCUT2D eigenvalue weighted by molar-refractivity contribution is 5.95. The smallest absolute Gasteiger partial charge is 0.253 e. The molecule has 1 saturated carbocycles. The van der Waals surface area contributed by atoms with E-state index in [-0.39, 0.29) is 5.91 Å². The fourth-order valence-electron chi connectivity index (χ4n) is 1.76. The van der Waals surface area contributed by atoms with Crippen LogP contribution in [0.2, 0.25) is 0 Å². The number of amides is 1. The number of nitrogens with one attached hydrogen (secondary N) is 2. The van der Waals surface area contributed by atoms with Crippen LogP contribution in [0.5, 0.6) is 0 Å². The highest BCUT2D eigenvalue weighted by Gasteiger charge is 2.23. The molecule has 0 radical (unpaired) electrons. The molecule has 18 heavy (non-hydrogen) atoms. The molecule has 0 atom stereocenters. The first-order valence-electron chi connectivity index (χ1n) is 6.79. The lowest BCUT2D eigenvalue weighted by atomic mass is 10.2. The highest BCUT2D eigenvalue weighted by Crippen LogP contribution is 2.19. The van der Waals surface area contributed by atoms with Crippen LogP contribution in [0, 0.1) is 0 Å². The summed E-state index contributed by atoms with van der Waals surface area (Å²) in [5, 5.41) is 6.27. The summed E-state index contributed by atoms with van der Waals surface area (Å²) in [6.45, 7) is 3.12. The van der Waals surface area contributed by atoms with Crippen molar-refractivity contribution in [3.8, 4) is 0 Å². The Labute approximate surface area is 108 Å². The zero-order chi connectivity index (χ0) is 12.8. The highest BCUT2D eigenvalue weighted by atomic mass is 16.1. The molecule has 4 heteroatoms. The Morgan fingerprint density at radius 2 is 2.22 bits per heavy atom. The monoisotopic (exact) mass is 247 g/mol. The molecule has 1 fully saturated rings. The van der Waals surface area contributed by atoms with E-state index in [4.69, 9.17) is 0 Å². The lowest BCUT2D eigenvalue weighted by Crippen LogP contribution is -2.25. The van der Waals surface area contributed by atoms with Crippen molar-refractivity contribution in [3.05, 3.63) is 24.0 Å². The summed E-state index contributed by atoms with van der Waals surface area (Å²) in [5.74, 6) is -0.0118. The molecule has 0 bridgehead atoms. The molecule has 0 unspecified atom stereocenters. The largest absolute Gasteiger partial charge is 0.384 e. The van der Waals surface area contributed by atoms with Gasteiger partial charge in [-0.3, -0.25) is 9.78 Å². The van der Waals surface area contributed by atoms with Gasteiger partial charge in [-0.25, -0.2) is 0 Å². The minimum absolute atomic E-state index is 0.0118. The molecule has 4 nitrogen and oxygen atoms in total. The van der Waals surface area contributed by atoms with Crippen molar-refractivity contribution in [1.29, 1.82) is 0 Å². The number of carbonyl (C=O) groups is 1. The van der Waals surface area contributed by atoms with Gasteiger partial charge in [0.1, 0.15) is 0 Å². The van der Waals surface area contributed by atoms with E-state index in [1.165, 1.54) is 12.8 Å². The standard InChI is InChI=1S/C14H21N3O/c1-2-3-4-7-16-13-8-11(9-15-10-13)14(18)17-12-5-6-12/h8-10,12,16H,2-7H2,1H3,(H,17,18). The summed E-state index contributed by atoms with van der Waals surface area (Å²) in [4.78, 5) is 16.0. The van der Waals surface area contributed by atoms with Gasteiger partial charge in [0, 0.05) is 25.0 Å². The Morgan fingerprint density at radius 3 is 2.94 bits per heavy atom. The van der Waals surface area contributed by atoms with E-state index in [9.17, 15) is 4.79 Å². The number of pyridine rings is 1. The molecule has 98 valence electrons. The van der Waals surface area contributed by atoms with Crippen molar-refractivity contribution in [3.63, 3.8) is 0 Å². The number of aromatic nitrogens is 1. The third-order valence-corrected chi connectivity index (χ3v) is 3.02. The molecule has 0 spiro atoms. The van der Waals surface area contributed by atoms with Crippen LogP contribution in [0.3, 0.4) is 0 Å². The zero-order valence-corrected chi connectivity index (χ0v) is 10.9. The van der Waals surface area contributed by atoms with Crippen molar-refractivity contribution in [2.24, 2.45) is 0 Å². The molecule has 1 amide bonds. The van der Waals surface area contributed by atoms with Crippen LogP contribution in [-0.4, -0.2) is 23.5 Å². The molecule has 2 rings (SSSR count). The van der Waals surface area contributed by atoms with Crippen LogP contribution in [0.25, 0.3) is 0 Å². The Balaban J connectivity index is 1.85. The molecule has 0 saturated heterocycles. The number of rotatable bonds is 7. The average Bonchev–Trinajstić information content (AvgIpc) is 3.19. The Kier molecular flexibility index (Phi) is 4.56. The molecule has 1 aromatic rings. The quantitative estimate of drug-likeness (QED) is 0.728. The van der Waals surface area contributed by atoms with Gasteiger partial charge in [-0.15, -0.1) is 0 Å². The predicted octanol–water partition coefficient (Wildman–Crippen LogP) is 2.58. The average molecular weight is 247 g/mol. The maximum absolute atomic E-state index is 11.8. The van der Waals surface area contributed by atoms with E-state index in [0.717, 1.165) is 31.5 Å².